The predicted molar refractivity (Wildman–Crippen MR) is 107 cm³/mol. The van der Waals surface area contributed by atoms with E-state index in [0.29, 0.717) is 24.5 Å². The van der Waals surface area contributed by atoms with Gasteiger partial charge < -0.3 is 20.1 Å². The normalized spacial score (nSPS) is 13.7. The first-order valence-corrected chi connectivity index (χ1v) is 9.57. The predicted octanol–water partition coefficient (Wildman–Crippen LogP) is 3.09. The van der Waals surface area contributed by atoms with Crippen molar-refractivity contribution in [2.45, 2.75) is 26.3 Å². The second-order valence-corrected chi connectivity index (χ2v) is 7.06. The van der Waals surface area contributed by atoms with Crippen molar-refractivity contribution in [3.05, 3.63) is 59.7 Å². The van der Waals surface area contributed by atoms with Gasteiger partial charge in [0.2, 0.25) is 5.91 Å². The van der Waals surface area contributed by atoms with Crippen molar-refractivity contribution in [3.8, 4) is 11.5 Å². The third kappa shape index (κ3) is 5.03. The molecule has 0 spiro atoms. The van der Waals surface area contributed by atoms with Gasteiger partial charge in [-0.05, 0) is 35.7 Å². The molecule has 1 aliphatic rings. The zero-order valence-electron chi connectivity index (χ0n) is 16.2. The third-order valence-electron chi connectivity index (χ3n) is 4.58. The Morgan fingerprint density at radius 2 is 1.71 bits per heavy atom. The van der Waals surface area contributed by atoms with Crippen LogP contribution in [0.3, 0.4) is 0 Å². The van der Waals surface area contributed by atoms with E-state index in [2.05, 4.69) is 24.5 Å². The van der Waals surface area contributed by atoms with Gasteiger partial charge in [-0.3, -0.25) is 9.59 Å². The molecular weight excluding hydrogens is 356 g/mol. The first-order valence-electron chi connectivity index (χ1n) is 9.57. The van der Waals surface area contributed by atoms with Gasteiger partial charge in [0, 0.05) is 18.5 Å². The van der Waals surface area contributed by atoms with Crippen LogP contribution in [0, 0.1) is 5.92 Å². The quantitative estimate of drug-likeness (QED) is 0.772. The van der Waals surface area contributed by atoms with Crippen molar-refractivity contribution in [1.82, 2.24) is 10.6 Å². The van der Waals surface area contributed by atoms with Gasteiger partial charge in [0.1, 0.15) is 13.2 Å². The fraction of sp³-hybridized carbons (Fsp3) is 0.364. The molecule has 3 rings (SSSR count). The fourth-order valence-corrected chi connectivity index (χ4v) is 3.12. The molecule has 0 radical (unpaired) electrons. The summed E-state index contributed by atoms with van der Waals surface area (Å²) in [5, 5.41) is 5.84. The Labute approximate surface area is 165 Å². The molecule has 0 saturated heterocycles. The smallest absolute Gasteiger partial charge is 0.251 e. The molecule has 0 aliphatic carbocycles. The van der Waals surface area contributed by atoms with Crippen LogP contribution in [0.4, 0.5) is 0 Å². The van der Waals surface area contributed by atoms with Crippen LogP contribution >= 0.6 is 0 Å². The number of nitrogens with one attached hydrogen (secondary N) is 2. The van der Waals surface area contributed by atoms with E-state index in [9.17, 15) is 9.59 Å². The Morgan fingerprint density at radius 3 is 2.43 bits per heavy atom. The van der Waals surface area contributed by atoms with Gasteiger partial charge in [-0.1, -0.05) is 38.1 Å². The molecule has 0 aromatic heterocycles. The molecule has 0 fully saturated rings. The maximum atomic E-state index is 12.4. The highest BCUT2D eigenvalue weighted by Crippen LogP contribution is 2.34. The lowest BCUT2D eigenvalue weighted by atomic mass is 9.95. The fourth-order valence-electron chi connectivity index (χ4n) is 3.12. The number of benzene rings is 2. The number of hydrogen-bond donors (Lipinski definition) is 2. The average molecular weight is 382 g/mol. The standard InChI is InChI=1S/C22H26N2O4/c1-15(2)21(17-8-9-18-19(14-17)28-13-12-27-18)24-20(25)10-11-23-22(26)16-6-4-3-5-7-16/h3-9,14-15,21H,10-13H2,1-2H3,(H,23,26)(H,24,25)/t21-/m0/s1. The molecule has 1 heterocycles. The Hall–Kier alpha value is -3.02. The molecule has 1 aliphatic heterocycles. The third-order valence-corrected chi connectivity index (χ3v) is 4.58. The zero-order valence-corrected chi connectivity index (χ0v) is 16.2. The zero-order chi connectivity index (χ0) is 19.9. The molecule has 0 bridgehead atoms. The summed E-state index contributed by atoms with van der Waals surface area (Å²) in [5.41, 5.74) is 1.56. The van der Waals surface area contributed by atoms with E-state index in [4.69, 9.17) is 9.47 Å². The maximum absolute atomic E-state index is 12.4. The highest BCUT2D eigenvalue weighted by atomic mass is 16.6. The Morgan fingerprint density at radius 1 is 1.00 bits per heavy atom. The van der Waals surface area contributed by atoms with Gasteiger partial charge >= 0.3 is 0 Å². The molecule has 2 amide bonds. The molecular formula is C22H26N2O4. The van der Waals surface area contributed by atoms with E-state index in [1.807, 2.05) is 36.4 Å². The van der Waals surface area contributed by atoms with Gasteiger partial charge in [0.05, 0.1) is 6.04 Å². The van der Waals surface area contributed by atoms with Crippen molar-refractivity contribution in [2.75, 3.05) is 19.8 Å². The van der Waals surface area contributed by atoms with E-state index >= 15 is 0 Å². The van der Waals surface area contributed by atoms with E-state index in [1.54, 1.807) is 12.1 Å². The highest BCUT2D eigenvalue weighted by Gasteiger charge is 2.21. The summed E-state index contributed by atoms with van der Waals surface area (Å²) in [5.74, 6) is 1.35. The summed E-state index contributed by atoms with van der Waals surface area (Å²) < 4.78 is 11.2. The average Bonchev–Trinajstić information content (AvgIpc) is 2.72. The summed E-state index contributed by atoms with van der Waals surface area (Å²) in [6.07, 6.45) is 0.215. The molecule has 0 unspecified atom stereocenters. The summed E-state index contributed by atoms with van der Waals surface area (Å²) in [6, 6.07) is 14.6. The summed E-state index contributed by atoms with van der Waals surface area (Å²) in [6.45, 7) is 5.46. The summed E-state index contributed by atoms with van der Waals surface area (Å²) in [7, 11) is 0. The van der Waals surface area contributed by atoms with Crippen molar-refractivity contribution in [3.63, 3.8) is 0 Å². The molecule has 2 N–H and O–H groups in total. The number of amides is 2. The van der Waals surface area contributed by atoms with Gasteiger partial charge in [-0.25, -0.2) is 0 Å². The highest BCUT2D eigenvalue weighted by molar-refractivity contribution is 5.94. The SMILES string of the molecule is CC(C)[C@H](NC(=O)CCNC(=O)c1ccccc1)c1ccc2c(c1)OCCO2. The van der Waals surface area contributed by atoms with Crippen LogP contribution in [-0.4, -0.2) is 31.6 Å². The van der Waals surface area contributed by atoms with Gasteiger partial charge in [-0.2, -0.15) is 0 Å². The Bertz CT molecular complexity index is 821. The monoisotopic (exact) mass is 382 g/mol. The van der Waals surface area contributed by atoms with Gasteiger partial charge in [-0.15, -0.1) is 0 Å². The minimum Gasteiger partial charge on any atom is -0.486 e. The second kappa shape index (κ2) is 9.26. The lowest BCUT2D eigenvalue weighted by Crippen LogP contribution is -2.35. The molecule has 6 heteroatoms. The minimum atomic E-state index is -0.180. The summed E-state index contributed by atoms with van der Waals surface area (Å²) in [4.78, 5) is 24.5. The van der Waals surface area contributed by atoms with E-state index in [0.717, 1.165) is 11.3 Å². The van der Waals surface area contributed by atoms with Gasteiger partial charge in [0.25, 0.3) is 5.91 Å². The van der Waals surface area contributed by atoms with E-state index in [1.165, 1.54) is 0 Å². The van der Waals surface area contributed by atoms with E-state index < -0.39 is 0 Å². The van der Waals surface area contributed by atoms with Crippen molar-refractivity contribution in [2.24, 2.45) is 5.92 Å². The number of fused-ring (bicyclic) bond motifs is 1. The largest absolute Gasteiger partial charge is 0.486 e. The first kappa shape index (κ1) is 19.7. The van der Waals surface area contributed by atoms with Crippen LogP contribution in [0.1, 0.15) is 42.2 Å². The van der Waals surface area contributed by atoms with Crippen LogP contribution in [0.5, 0.6) is 11.5 Å². The minimum absolute atomic E-state index is 0.109. The van der Waals surface area contributed by atoms with Gasteiger partial charge in [0.15, 0.2) is 11.5 Å². The molecule has 2 aromatic carbocycles. The number of carbonyl (C=O) groups excluding carboxylic acids is 2. The second-order valence-electron chi connectivity index (χ2n) is 7.06. The molecule has 1 atom stereocenters. The van der Waals surface area contributed by atoms with Crippen LogP contribution in [-0.2, 0) is 4.79 Å². The van der Waals surface area contributed by atoms with Crippen LogP contribution in [0.25, 0.3) is 0 Å². The van der Waals surface area contributed by atoms with Crippen molar-refractivity contribution >= 4 is 11.8 Å². The number of hydrogen-bond acceptors (Lipinski definition) is 4. The van der Waals surface area contributed by atoms with Crippen LogP contribution in [0.15, 0.2) is 48.5 Å². The number of rotatable bonds is 7. The van der Waals surface area contributed by atoms with Crippen LogP contribution < -0.4 is 20.1 Å². The lowest BCUT2D eigenvalue weighted by Gasteiger charge is -2.25. The Kier molecular flexibility index (Phi) is 6.53. The lowest BCUT2D eigenvalue weighted by molar-refractivity contribution is -0.122. The van der Waals surface area contributed by atoms with Crippen molar-refractivity contribution in [1.29, 1.82) is 0 Å². The molecule has 0 saturated carbocycles. The maximum Gasteiger partial charge on any atom is 0.251 e. The number of ether oxygens (including phenoxy) is 2. The van der Waals surface area contributed by atoms with Crippen LogP contribution in [0.2, 0.25) is 0 Å². The van der Waals surface area contributed by atoms with E-state index in [-0.39, 0.29) is 36.7 Å². The molecule has 148 valence electrons. The first-order chi connectivity index (χ1) is 13.5. The van der Waals surface area contributed by atoms with Crippen molar-refractivity contribution < 1.29 is 19.1 Å². The Balaban J connectivity index is 1.55. The summed E-state index contributed by atoms with van der Waals surface area (Å²) >= 11 is 0. The molecule has 28 heavy (non-hydrogen) atoms. The topological polar surface area (TPSA) is 76.7 Å². The molecule has 6 nitrogen and oxygen atoms in total. The molecule has 2 aromatic rings. The number of carbonyl (C=O) groups is 2.